The standard InChI is InChI=1S/C23H24ClN3O3/c1-4-18(23-25-14-19(27-23)16-8-6-5-7-9-16)26-21(28)11-10-15-12-17(24)22(30-3)20(13-15)29-2/h5-14,18H,4H2,1-3H3,(H,25,27)(H,26,28)/b11-10+. The van der Waals surface area contributed by atoms with Gasteiger partial charge in [-0.15, -0.1) is 0 Å². The molecule has 30 heavy (non-hydrogen) atoms. The summed E-state index contributed by atoms with van der Waals surface area (Å²) < 4.78 is 10.5. The summed E-state index contributed by atoms with van der Waals surface area (Å²) in [5, 5.41) is 3.38. The Bertz CT molecular complexity index is 1030. The predicted molar refractivity (Wildman–Crippen MR) is 119 cm³/mol. The minimum Gasteiger partial charge on any atom is -0.493 e. The number of H-pyrrole nitrogens is 1. The molecule has 0 aliphatic heterocycles. The molecular formula is C23H24ClN3O3. The van der Waals surface area contributed by atoms with Gasteiger partial charge < -0.3 is 19.8 Å². The molecule has 1 heterocycles. The first-order chi connectivity index (χ1) is 14.5. The van der Waals surface area contributed by atoms with Crippen molar-refractivity contribution in [1.82, 2.24) is 15.3 Å². The number of hydrogen-bond acceptors (Lipinski definition) is 4. The SMILES string of the molecule is CCC(NC(=O)/C=C/c1cc(Cl)c(OC)c(OC)c1)c1ncc(-c2ccccc2)[nH]1. The molecule has 7 heteroatoms. The number of amides is 1. The second-order valence-corrected chi connectivity index (χ2v) is 7.00. The highest BCUT2D eigenvalue weighted by atomic mass is 35.5. The number of methoxy groups -OCH3 is 2. The number of aromatic amines is 1. The maximum Gasteiger partial charge on any atom is 0.244 e. The average Bonchev–Trinajstić information content (AvgIpc) is 3.26. The van der Waals surface area contributed by atoms with Crippen LogP contribution in [0.2, 0.25) is 5.02 Å². The maximum absolute atomic E-state index is 12.5. The van der Waals surface area contributed by atoms with Gasteiger partial charge in [0, 0.05) is 6.08 Å². The van der Waals surface area contributed by atoms with E-state index in [1.807, 2.05) is 37.3 Å². The van der Waals surface area contributed by atoms with Gasteiger partial charge in [0.25, 0.3) is 0 Å². The number of rotatable bonds is 8. The number of hydrogen-bond donors (Lipinski definition) is 2. The van der Waals surface area contributed by atoms with Crippen LogP contribution in [0.3, 0.4) is 0 Å². The van der Waals surface area contributed by atoms with Crippen LogP contribution in [0.1, 0.15) is 30.8 Å². The highest BCUT2D eigenvalue weighted by Gasteiger charge is 2.15. The molecule has 0 saturated carbocycles. The van der Waals surface area contributed by atoms with Crippen molar-refractivity contribution in [2.45, 2.75) is 19.4 Å². The van der Waals surface area contributed by atoms with E-state index in [-0.39, 0.29) is 11.9 Å². The average molecular weight is 426 g/mol. The number of aromatic nitrogens is 2. The predicted octanol–water partition coefficient (Wildman–Crippen LogP) is 5.03. The third-order valence-electron chi connectivity index (χ3n) is 4.62. The van der Waals surface area contributed by atoms with E-state index in [1.165, 1.54) is 20.3 Å². The van der Waals surface area contributed by atoms with Crippen LogP contribution in [0.25, 0.3) is 17.3 Å². The molecular weight excluding hydrogens is 402 g/mol. The molecule has 1 atom stereocenters. The number of imidazole rings is 1. The Hall–Kier alpha value is -3.25. The number of nitrogens with zero attached hydrogens (tertiary/aromatic N) is 1. The molecule has 2 N–H and O–H groups in total. The number of nitrogens with one attached hydrogen (secondary N) is 2. The van der Waals surface area contributed by atoms with Gasteiger partial charge in [-0.05, 0) is 35.8 Å². The molecule has 6 nitrogen and oxygen atoms in total. The number of carbonyl (C=O) groups excluding carboxylic acids is 1. The quantitative estimate of drug-likeness (QED) is 0.496. The van der Waals surface area contributed by atoms with Crippen molar-refractivity contribution < 1.29 is 14.3 Å². The largest absolute Gasteiger partial charge is 0.493 e. The molecule has 0 fully saturated rings. The van der Waals surface area contributed by atoms with Crippen molar-refractivity contribution >= 4 is 23.6 Å². The molecule has 1 aromatic heterocycles. The van der Waals surface area contributed by atoms with Crippen LogP contribution < -0.4 is 14.8 Å². The van der Waals surface area contributed by atoms with Gasteiger partial charge in [0.1, 0.15) is 5.82 Å². The van der Waals surface area contributed by atoms with Gasteiger partial charge in [0.2, 0.25) is 5.91 Å². The third-order valence-corrected chi connectivity index (χ3v) is 4.90. The summed E-state index contributed by atoms with van der Waals surface area (Å²) in [6, 6.07) is 13.2. The fraction of sp³-hybridized carbons (Fsp3) is 0.217. The molecule has 0 bridgehead atoms. The molecule has 1 amide bonds. The van der Waals surface area contributed by atoms with Gasteiger partial charge in [-0.1, -0.05) is 48.9 Å². The first kappa shape index (κ1) is 21.5. The maximum atomic E-state index is 12.5. The van der Waals surface area contributed by atoms with Gasteiger partial charge in [0.05, 0.1) is 37.2 Å². The number of carbonyl (C=O) groups is 1. The minimum absolute atomic E-state index is 0.228. The molecule has 2 aromatic carbocycles. The zero-order chi connectivity index (χ0) is 21.5. The summed E-state index contributed by atoms with van der Waals surface area (Å²) in [5.74, 6) is 1.44. The molecule has 0 saturated heterocycles. The Morgan fingerprint density at radius 1 is 1.23 bits per heavy atom. The first-order valence-corrected chi connectivity index (χ1v) is 9.94. The lowest BCUT2D eigenvalue weighted by Crippen LogP contribution is -2.27. The lowest BCUT2D eigenvalue weighted by molar-refractivity contribution is -0.117. The van der Waals surface area contributed by atoms with Crippen LogP contribution >= 0.6 is 11.6 Å². The van der Waals surface area contributed by atoms with E-state index in [0.717, 1.165) is 16.8 Å². The van der Waals surface area contributed by atoms with Crippen LogP contribution in [-0.4, -0.2) is 30.1 Å². The van der Waals surface area contributed by atoms with Gasteiger partial charge >= 0.3 is 0 Å². The summed E-state index contributed by atoms with van der Waals surface area (Å²) >= 11 is 6.22. The van der Waals surface area contributed by atoms with E-state index in [0.29, 0.717) is 28.8 Å². The van der Waals surface area contributed by atoms with Crippen molar-refractivity contribution in [3.05, 3.63) is 71.1 Å². The zero-order valence-electron chi connectivity index (χ0n) is 17.1. The Kier molecular flexibility index (Phi) is 7.14. The van der Waals surface area contributed by atoms with Crippen LogP contribution in [0.15, 0.2) is 54.7 Å². The zero-order valence-corrected chi connectivity index (χ0v) is 17.9. The molecule has 0 spiro atoms. The second kappa shape index (κ2) is 9.98. The fourth-order valence-corrected chi connectivity index (χ4v) is 3.36. The number of benzene rings is 2. The Morgan fingerprint density at radius 3 is 2.67 bits per heavy atom. The van der Waals surface area contributed by atoms with E-state index in [9.17, 15) is 4.79 Å². The molecule has 0 aliphatic rings. The van der Waals surface area contributed by atoms with Crippen LogP contribution in [-0.2, 0) is 4.79 Å². The van der Waals surface area contributed by atoms with Gasteiger partial charge in [-0.3, -0.25) is 4.79 Å². The molecule has 0 radical (unpaired) electrons. The molecule has 3 rings (SSSR count). The highest BCUT2D eigenvalue weighted by Crippen LogP contribution is 2.36. The van der Waals surface area contributed by atoms with E-state index in [2.05, 4.69) is 15.3 Å². The summed E-state index contributed by atoms with van der Waals surface area (Å²) in [5.41, 5.74) is 2.68. The van der Waals surface area contributed by atoms with Crippen molar-refractivity contribution in [1.29, 1.82) is 0 Å². The monoisotopic (exact) mass is 425 g/mol. The van der Waals surface area contributed by atoms with Gasteiger partial charge in [-0.2, -0.15) is 0 Å². The summed E-state index contributed by atoms with van der Waals surface area (Å²) in [7, 11) is 3.06. The van der Waals surface area contributed by atoms with Gasteiger partial charge in [-0.25, -0.2) is 4.98 Å². The fourth-order valence-electron chi connectivity index (χ4n) is 3.07. The number of halogens is 1. The topological polar surface area (TPSA) is 76.2 Å². The Morgan fingerprint density at radius 2 is 2.00 bits per heavy atom. The van der Waals surface area contributed by atoms with Crippen molar-refractivity contribution in [2.75, 3.05) is 14.2 Å². The van der Waals surface area contributed by atoms with Crippen LogP contribution in [0, 0.1) is 0 Å². The van der Waals surface area contributed by atoms with Crippen molar-refractivity contribution in [2.24, 2.45) is 0 Å². The lowest BCUT2D eigenvalue weighted by atomic mass is 10.1. The highest BCUT2D eigenvalue weighted by molar-refractivity contribution is 6.32. The second-order valence-electron chi connectivity index (χ2n) is 6.59. The minimum atomic E-state index is -0.231. The van der Waals surface area contributed by atoms with Crippen LogP contribution in [0.5, 0.6) is 11.5 Å². The Balaban J connectivity index is 1.70. The molecule has 1 unspecified atom stereocenters. The summed E-state index contributed by atoms with van der Waals surface area (Å²) in [6.45, 7) is 1.99. The summed E-state index contributed by atoms with van der Waals surface area (Å²) in [4.78, 5) is 20.2. The van der Waals surface area contributed by atoms with Crippen molar-refractivity contribution in [3.8, 4) is 22.8 Å². The lowest BCUT2D eigenvalue weighted by Gasteiger charge is -2.13. The van der Waals surface area contributed by atoms with E-state index in [1.54, 1.807) is 24.4 Å². The van der Waals surface area contributed by atoms with Crippen molar-refractivity contribution in [3.63, 3.8) is 0 Å². The van der Waals surface area contributed by atoms with E-state index in [4.69, 9.17) is 21.1 Å². The Labute approximate surface area is 180 Å². The summed E-state index contributed by atoms with van der Waals surface area (Å²) in [6.07, 6.45) is 5.61. The van der Waals surface area contributed by atoms with Gasteiger partial charge in [0.15, 0.2) is 11.5 Å². The van der Waals surface area contributed by atoms with E-state index < -0.39 is 0 Å². The number of ether oxygens (including phenoxy) is 2. The molecule has 0 aliphatic carbocycles. The normalized spacial score (nSPS) is 12.0. The molecule has 156 valence electrons. The van der Waals surface area contributed by atoms with E-state index >= 15 is 0 Å². The first-order valence-electron chi connectivity index (χ1n) is 9.56. The third kappa shape index (κ3) is 5.02. The smallest absolute Gasteiger partial charge is 0.244 e. The van der Waals surface area contributed by atoms with Crippen LogP contribution in [0.4, 0.5) is 0 Å². The molecule has 3 aromatic rings.